The summed E-state index contributed by atoms with van der Waals surface area (Å²) in [6.45, 7) is 4.31. The van der Waals surface area contributed by atoms with Crippen LogP contribution in [0.2, 0.25) is 0 Å². The first-order valence-electron chi connectivity index (χ1n) is 7.29. The summed E-state index contributed by atoms with van der Waals surface area (Å²) < 4.78 is 32.0. The number of sulfonamides is 1. The minimum absolute atomic E-state index is 0.00999. The zero-order chi connectivity index (χ0) is 15.3. The van der Waals surface area contributed by atoms with E-state index in [-0.39, 0.29) is 11.1 Å². The number of ether oxygens (including phenoxy) is 1. The van der Waals surface area contributed by atoms with E-state index in [2.05, 4.69) is 15.3 Å². The highest BCUT2D eigenvalue weighted by atomic mass is 32.2. The van der Waals surface area contributed by atoms with Crippen LogP contribution in [0.5, 0.6) is 0 Å². The third kappa shape index (κ3) is 4.03. The Hall–Kier alpha value is -0.960. The molecule has 1 aromatic rings. The number of hydrogen-bond donors (Lipinski definition) is 2. The number of nitrogens with one attached hydrogen (secondary N) is 2. The Bertz CT molecular complexity index is 543. The molecule has 2 rings (SSSR count). The lowest BCUT2D eigenvalue weighted by Gasteiger charge is -2.34. The molecule has 1 fully saturated rings. The Morgan fingerprint density at radius 3 is 3.00 bits per heavy atom. The number of aryl methyl sites for hydroxylation is 1. The van der Waals surface area contributed by atoms with Gasteiger partial charge in [0.25, 0.3) is 10.0 Å². The molecule has 1 unspecified atom stereocenters. The summed E-state index contributed by atoms with van der Waals surface area (Å²) in [7, 11) is -1.84. The molecule has 1 aromatic heterocycles. The second kappa shape index (κ2) is 7.35. The van der Waals surface area contributed by atoms with Crippen LogP contribution in [-0.2, 0) is 14.8 Å². The average molecular weight is 316 g/mol. The minimum Gasteiger partial charge on any atom is -0.383 e. The summed E-state index contributed by atoms with van der Waals surface area (Å²) in [6, 6.07) is -0.00999. The molecule has 0 spiro atoms. The largest absolute Gasteiger partial charge is 0.383 e. The van der Waals surface area contributed by atoms with E-state index in [0.717, 1.165) is 25.8 Å². The second-order valence-electron chi connectivity index (χ2n) is 5.30. The number of rotatable bonds is 7. The Morgan fingerprint density at radius 1 is 1.52 bits per heavy atom. The zero-order valence-corrected chi connectivity index (χ0v) is 13.4. The standard InChI is InChI=1S/C13H24N4O3S/c1-11-15-10-13(16-11)21(18,19)17-7-4-3-5-12(17)9-14-6-8-20-2/h10,12,14H,3-9H2,1-2H3,(H,15,16). The Labute approximate surface area is 126 Å². The number of aromatic nitrogens is 2. The topological polar surface area (TPSA) is 87.3 Å². The molecule has 0 radical (unpaired) electrons. The molecule has 0 aromatic carbocycles. The molecule has 1 aliphatic heterocycles. The van der Waals surface area contributed by atoms with Gasteiger partial charge in [-0.2, -0.15) is 4.31 Å². The van der Waals surface area contributed by atoms with Crippen molar-refractivity contribution >= 4 is 10.0 Å². The van der Waals surface area contributed by atoms with Gasteiger partial charge in [-0.15, -0.1) is 0 Å². The lowest BCUT2D eigenvalue weighted by atomic mass is 10.1. The normalized spacial score (nSPS) is 20.8. The molecule has 2 N–H and O–H groups in total. The van der Waals surface area contributed by atoms with Crippen molar-refractivity contribution in [3.63, 3.8) is 0 Å². The first kappa shape index (κ1) is 16.4. The molecule has 1 saturated heterocycles. The molecular weight excluding hydrogens is 292 g/mol. The third-order valence-electron chi connectivity index (χ3n) is 3.70. The lowest BCUT2D eigenvalue weighted by Crippen LogP contribution is -2.48. The summed E-state index contributed by atoms with van der Waals surface area (Å²) in [4.78, 5) is 6.83. The molecular formula is C13H24N4O3S. The summed E-state index contributed by atoms with van der Waals surface area (Å²) in [5, 5.41) is 3.44. The maximum atomic E-state index is 12.7. The molecule has 7 nitrogen and oxygen atoms in total. The summed E-state index contributed by atoms with van der Waals surface area (Å²) in [5.41, 5.74) is 0. The number of methoxy groups -OCH3 is 1. The van der Waals surface area contributed by atoms with E-state index in [4.69, 9.17) is 4.74 Å². The van der Waals surface area contributed by atoms with Crippen LogP contribution in [-0.4, -0.2) is 62.1 Å². The van der Waals surface area contributed by atoms with Gasteiger partial charge in [-0.25, -0.2) is 13.4 Å². The summed E-state index contributed by atoms with van der Waals surface area (Å²) in [5.74, 6) is 0.611. The smallest absolute Gasteiger partial charge is 0.260 e. The fraction of sp³-hybridized carbons (Fsp3) is 0.769. The molecule has 0 saturated carbocycles. The predicted molar refractivity (Wildman–Crippen MR) is 79.6 cm³/mol. The first-order chi connectivity index (χ1) is 10.1. The van der Waals surface area contributed by atoms with Crippen LogP contribution in [0.15, 0.2) is 11.2 Å². The SMILES string of the molecule is COCCNCC1CCCCN1S(=O)(=O)c1cnc(C)[nH]1. The van der Waals surface area contributed by atoms with Crippen LogP contribution >= 0.6 is 0 Å². The highest BCUT2D eigenvalue weighted by Crippen LogP contribution is 2.24. The van der Waals surface area contributed by atoms with E-state index in [9.17, 15) is 8.42 Å². The van der Waals surface area contributed by atoms with Crippen molar-refractivity contribution in [3.8, 4) is 0 Å². The molecule has 1 atom stereocenters. The zero-order valence-electron chi connectivity index (χ0n) is 12.6. The number of nitrogens with zero attached hydrogens (tertiary/aromatic N) is 2. The van der Waals surface area contributed by atoms with Gasteiger partial charge in [0, 0.05) is 32.8 Å². The Balaban J connectivity index is 2.07. The maximum Gasteiger partial charge on any atom is 0.260 e. The monoisotopic (exact) mass is 316 g/mol. The Morgan fingerprint density at radius 2 is 2.33 bits per heavy atom. The van der Waals surface area contributed by atoms with Gasteiger partial charge in [0.05, 0.1) is 12.8 Å². The van der Waals surface area contributed by atoms with Crippen molar-refractivity contribution in [3.05, 3.63) is 12.0 Å². The number of piperidine rings is 1. The van der Waals surface area contributed by atoms with Gasteiger partial charge in [0.2, 0.25) is 0 Å². The summed E-state index contributed by atoms with van der Waals surface area (Å²) >= 11 is 0. The van der Waals surface area contributed by atoms with Gasteiger partial charge in [-0.1, -0.05) is 6.42 Å². The third-order valence-corrected chi connectivity index (χ3v) is 5.56. The number of H-pyrrole nitrogens is 1. The number of aromatic amines is 1. The summed E-state index contributed by atoms with van der Waals surface area (Å²) in [6.07, 6.45) is 4.24. The van der Waals surface area contributed by atoms with E-state index in [1.807, 2.05) is 0 Å². The van der Waals surface area contributed by atoms with E-state index in [1.54, 1.807) is 18.3 Å². The van der Waals surface area contributed by atoms with Gasteiger partial charge < -0.3 is 15.0 Å². The second-order valence-corrected chi connectivity index (χ2v) is 7.15. The molecule has 2 heterocycles. The predicted octanol–water partition coefficient (Wildman–Crippen LogP) is 0.497. The van der Waals surface area contributed by atoms with Crippen LogP contribution in [0.4, 0.5) is 0 Å². The molecule has 8 heteroatoms. The first-order valence-corrected chi connectivity index (χ1v) is 8.73. The lowest BCUT2D eigenvalue weighted by molar-refractivity contribution is 0.191. The quantitative estimate of drug-likeness (QED) is 0.715. The van der Waals surface area contributed by atoms with Crippen molar-refractivity contribution in [2.24, 2.45) is 0 Å². The number of hydrogen-bond acceptors (Lipinski definition) is 5. The molecule has 0 aliphatic carbocycles. The van der Waals surface area contributed by atoms with E-state index in [0.29, 0.717) is 25.5 Å². The van der Waals surface area contributed by atoms with Crippen LogP contribution in [0.3, 0.4) is 0 Å². The Kier molecular flexibility index (Phi) is 5.74. The van der Waals surface area contributed by atoms with Crippen molar-refractivity contribution in [1.82, 2.24) is 19.6 Å². The molecule has 120 valence electrons. The molecule has 0 bridgehead atoms. The highest BCUT2D eigenvalue weighted by Gasteiger charge is 2.34. The van der Waals surface area contributed by atoms with Gasteiger partial charge >= 0.3 is 0 Å². The van der Waals surface area contributed by atoms with Crippen LogP contribution in [0.1, 0.15) is 25.1 Å². The van der Waals surface area contributed by atoms with Crippen molar-refractivity contribution in [2.45, 2.75) is 37.3 Å². The van der Waals surface area contributed by atoms with Gasteiger partial charge in [-0.05, 0) is 19.8 Å². The van der Waals surface area contributed by atoms with Gasteiger partial charge in [-0.3, -0.25) is 0 Å². The average Bonchev–Trinajstić information content (AvgIpc) is 2.91. The van der Waals surface area contributed by atoms with Gasteiger partial charge in [0.1, 0.15) is 5.82 Å². The molecule has 1 aliphatic rings. The van der Waals surface area contributed by atoms with E-state index >= 15 is 0 Å². The van der Waals surface area contributed by atoms with Crippen molar-refractivity contribution in [2.75, 3.05) is 33.4 Å². The van der Waals surface area contributed by atoms with Crippen molar-refractivity contribution < 1.29 is 13.2 Å². The molecule has 21 heavy (non-hydrogen) atoms. The fourth-order valence-electron chi connectivity index (χ4n) is 2.59. The van der Waals surface area contributed by atoms with E-state index < -0.39 is 10.0 Å². The van der Waals surface area contributed by atoms with E-state index in [1.165, 1.54) is 6.20 Å². The van der Waals surface area contributed by atoms with Crippen LogP contribution in [0.25, 0.3) is 0 Å². The van der Waals surface area contributed by atoms with Crippen LogP contribution in [0, 0.1) is 6.92 Å². The highest BCUT2D eigenvalue weighted by molar-refractivity contribution is 7.89. The number of imidazole rings is 1. The minimum atomic E-state index is -3.49. The fourth-order valence-corrected chi connectivity index (χ4v) is 4.25. The van der Waals surface area contributed by atoms with Gasteiger partial charge in [0.15, 0.2) is 5.03 Å². The van der Waals surface area contributed by atoms with Crippen LogP contribution < -0.4 is 5.32 Å². The maximum absolute atomic E-state index is 12.7. The van der Waals surface area contributed by atoms with Crippen molar-refractivity contribution in [1.29, 1.82) is 0 Å². The molecule has 0 amide bonds.